The fourth-order valence-corrected chi connectivity index (χ4v) is 4.62. The van der Waals surface area contributed by atoms with Crippen molar-refractivity contribution in [1.82, 2.24) is 15.1 Å². The van der Waals surface area contributed by atoms with Crippen LogP contribution in [0, 0.1) is 11.8 Å². The summed E-state index contributed by atoms with van der Waals surface area (Å²) in [6.07, 6.45) is 5.44. The molecule has 4 atom stereocenters. The number of piperidine rings is 1. The average Bonchev–Trinajstić information content (AvgIpc) is 2.38. The molecule has 1 aliphatic heterocycles. The third-order valence-electron chi connectivity index (χ3n) is 5.54. The van der Waals surface area contributed by atoms with E-state index in [-0.39, 0.29) is 0 Å². The third kappa shape index (κ3) is 3.75. The Kier molecular flexibility index (Phi) is 5.88. The predicted molar refractivity (Wildman–Crippen MR) is 87.1 cm³/mol. The standard InChI is InChI=1S/C17H35N3/c1-6-18-16-12-13(2)11-14(3)17(16)20-9-7-15(8-10-20)19(4)5/h13-18H,6-12H2,1-5H3. The minimum Gasteiger partial charge on any atom is -0.313 e. The van der Waals surface area contributed by atoms with Gasteiger partial charge < -0.3 is 10.2 Å². The molecule has 0 radical (unpaired) electrons. The molecule has 2 fully saturated rings. The molecule has 1 heterocycles. The maximum Gasteiger partial charge on any atom is 0.0275 e. The average molecular weight is 281 g/mol. The van der Waals surface area contributed by atoms with Gasteiger partial charge in [0.1, 0.15) is 0 Å². The zero-order valence-electron chi connectivity index (χ0n) is 14.2. The van der Waals surface area contributed by atoms with Crippen molar-refractivity contribution < 1.29 is 0 Å². The van der Waals surface area contributed by atoms with Gasteiger partial charge in [-0.1, -0.05) is 20.8 Å². The molecule has 1 saturated heterocycles. The molecule has 3 heteroatoms. The monoisotopic (exact) mass is 281 g/mol. The van der Waals surface area contributed by atoms with E-state index < -0.39 is 0 Å². The molecule has 0 bridgehead atoms. The van der Waals surface area contributed by atoms with Crippen molar-refractivity contribution >= 4 is 0 Å². The van der Waals surface area contributed by atoms with Crippen LogP contribution in [0.25, 0.3) is 0 Å². The molecular formula is C17H35N3. The summed E-state index contributed by atoms with van der Waals surface area (Å²) in [4.78, 5) is 5.20. The molecule has 2 aliphatic rings. The van der Waals surface area contributed by atoms with Gasteiger partial charge in [0.05, 0.1) is 0 Å². The molecule has 4 unspecified atom stereocenters. The van der Waals surface area contributed by atoms with Gasteiger partial charge >= 0.3 is 0 Å². The quantitative estimate of drug-likeness (QED) is 0.854. The van der Waals surface area contributed by atoms with Gasteiger partial charge in [0.15, 0.2) is 0 Å². The van der Waals surface area contributed by atoms with Gasteiger partial charge in [0.2, 0.25) is 0 Å². The van der Waals surface area contributed by atoms with Crippen molar-refractivity contribution in [2.45, 2.75) is 64.6 Å². The fraction of sp³-hybridized carbons (Fsp3) is 1.00. The van der Waals surface area contributed by atoms with Gasteiger partial charge in [-0.15, -0.1) is 0 Å². The van der Waals surface area contributed by atoms with E-state index >= 15 is 0 Å². The normalized spacial score (nSPS) is 37.5. The number of rotatable bonds is 4. The van der Waals surface area contributed by atoms with Crippen molar-refractivity contribution in [3.8, 4) is 0 Å². The lowest BCUT2D eigenvalue weighted by molar-refractivity contribution is 0.0306. The van der Waals surface area contributed by atoms with E-state index in [1.165, 1.54) is 38.8 Å². The van der Waals surface area contributed by atoms with Crippen molar-refractivity contribution in [2.24, 2.45) is 11.8 Å². The lowest BCUT2D eigenvalue weighted by Gasteiger charge is -2.48. The van der Waals surface area contributed by atoms with Gasteiger partial charge in [-0.05, 0) is 71.2 Å². The number of hydrogen-bond acceptors (Lipinski definition) is 3. The highest BCUT2D eigenvalue weighted by Gasteiger charge is 2.38. The van der Waals surface area contributed by atoms with Gasteiger partial charge in [-0.3, -0.25) is 4.90 Å². The second-order valence-corrected chi connectivity index (χ2v) is 7.44. The molecule has 1 saturated carbocycles. The van der Waals surface area contributed by atoms with Crippen LogP contribution in [0.15, 0.2) is 0 Å². The Balaban J connectivity index is 1.98. The lowest BCUT2D eigenvalue weighted by atomic mass is 9.75. The highest BCUT2D eigenvalue weighted by atomic mass is 15.2. The van der Waals surface area contributed by atoms with Gasteiger partial charge in [-0.25, -0.2) is 0 Å². The Bertz CT molecular complexity index is 284. The highest BCUT2D eigenvalue weighted by molar-refractivity contribution is 4.95. The van der Waals surface area contributed by atoms with Crippen molar-refractivity contribution in [3.05, 3.63) is 0 Å². The van der Waals surface area contributed by atoms with E-state index in [4.69, 9.17) is 0 Å². The second-order valence-electron chi connectivity index (χ2n) is 7.44. The topological polar surface area (TPSA) is 18.5 Å². The molecule has 0 spiro atoms. The fourth-order valence-electron chi connectivity index (χ4n) is 4.62. The summed E-state index contributed by atoms with van der Waals surface area (Å²) >= 11 is 0. The van der Waals surface area contributed by atoms with Crippen LogP contribution in [0.4, 0.5) is 0 Å². The van der Waals surface area contributed by atoms with Crippen LogP contribution in [0.5, 0.6) is 0 Å². The first-order chi connectivity index (χ1) is 9.52. The Labute approximate surface area is 126 Å². The first-order valence-electron chi connectivity index (χ1n) is 8.66. The van der Waals surface area contributed by atoms with Gasteiger partial charge in [-0.2, -0.15) is 0 Å². The van der Waals surface area contributed by atoms with Crippen LogP contribution in [0.2, 0.25) is 0 Å². The van der Waals surface area contributed by atoms with Crippen LogP contribution in [-0.4, -0.2) is 61.7 Å². The van der Waals surface area contributed by atoms with Crippen LogP contribution >= 0.6 is 0 Å². The molecule has 3 nitrogen and oxygen atoms in total. The summed E-state index contributed by atoms with van der Waals surface area (Å²) in [5.74, 6) is 1.71. The lowest BCUT2D eigenvalue weighted by Crippen LogP contribution is -2.59. The number of likely N-dealkylation sites (tertiary alicyclic amines) is 1. The minimum atomic E-state index is 0.703. The molecular weight excluding hydrogens is 246 g/mol. The molecule has 0 aromatic heterocycles. The van der Waals surface area contributed by atoms with Crippen LogP contribution in [0.3, 0.4) is 0 Å². The first kappa shape index (κ1) is 16.3. The molecule has 0 aromatic carbocycles. The van der Waals surface area contributed by atoms with Crippen LogP contribution in [0.1, 0.15) is 46.5 Å². The highest BCUT2D eigenvalue weighted by Crippen LogP contribution is 2.34. The molecule has 0 amide bonds. The van der Waals surface area contributed by atoms with Crippen molar-refractivity contribution in [3.63, 3.8) is 0 Å². The minimum absolute atomic E-state index is 0.703. The Morgan fingerprint density at radius 3 is 2.30 bits per heavy atom. The maximum atomic E-state index is 3.77. The summed E-state index contributed by atoms with van der Waals surface area (Å²) in [5, 5.41) is 3.77. The van der Waals surface area contributed by atoms with E-state index in [1.54, 1.807) is 0 Å². The first-order valence-corrected chi connectivity index (χ1v) is 8.66. The number of hydrogen-bond donors (Lipinski definition) is 1. The van der Waals surface area contributed by atoms with E-state index in [0.717, 1.165) is 30.5 Å². The third-order valence-corrected chi connectivity index (χ3v) is 5.54. The smallest absolute Gasteiger partial charge is 0.0275 e. The van der Waals surface area contributed by atoms with E-state index in [1.807, 2.05) is 0 Å². The molecule has 1 N–H and O–H groups in total. The zero-order chi connectivity index (χ0) is 14.7. The van der Waals surface area contributed by atoms with E-state index in [2.05, 4.69) is 50.0 Å². The largest absolute Gasteiger partial charge is 0.313 e. The summed E-state index contributed by atoms with van der Waals surface area (Å²) in [7, 11) is 4.46. The van der Waals surface area contributed by atoms with Gasteiger partial charge in [0, 0.05) is 18.1 Å². The summed E-state index contributed by atoms with van der Waals surface area (Å²) in [5.41, 5.74) is 0. The number of nitrogens with one attached hydrogen (secondary N) is 1. The van der Waals surface area contributed by atoms with Crippen LogP contribution in [-0.2, 0) is 0 Å². The van der Waals surface area contributed by atoms with E-state index in [0.29, 0.717) is 6.04 Å². The zero-order valence-corrected chi connectivity index (χ0v) is 14.2. The molecule has 1 aliphatic carbocycles. The Morgan fingerprint density at radius 1 is 1.10 bits per heavy atom. The van der Waals surface area contributed by atoms with Crippen molar-refractivity contribution in [1.29, 1.82) is 0 Å². The molecule has 0 aromatic rings. The molecule has 118 valence electrons. The predicted octanol–water partition coefficient (Wildman–Crippen LogP) is 2.43. The molecule has 2 rings (SSSR count). The summed E-state index contributed by atoms with van der Waals surface area (Å²) in [6.45, 7) is 10.8. The van der Waals surface area contributed by atoms with Gasteiger partial charge in [0.25, 0.3) is 0 Å². The SMILES string of the molecule is CCNC1CC(C)CC(C)C1N1CCC(N(C)C)CC1. The molecule has 20 heavy (non-hydrogen) atoms. The van der Waals surface area contributed by atoms with E-state index in [9.17, 15) is 0 Å². The summed E-state index contributed by atoms with van der Waals surface area (Å²) in [6, 6.07) is 2.26. The number of nitrogens with zero attached hydrogens (tertiary/aromatic N) is 2. The Morgan fingerprint density at radius 2 is 1.75 bits per heavy atom. The maximum absolute atomic E-state index is 3.77. The Hall–Kier alpha value is -0.120. The second kappa shape index (κ2) is 7.24. The van der Waals surface area contributed by atoms with Crippen molar-refractivity contribution in [2.75, 3.05) is 33.7 Å². The summed E-state index contributed by atoms with van der Waals surface area (Å²) < 4.78 is 0. The number of likely N-dealkylation sites (N-methyl/N-ethyl adjacent to an activating group) is 1. The van der Waals surface area contributed by atoms with Crippen LogP contribution < -0.4 is 5.32 Å².